The first-order valence-electron chi connectivity index (χ1n) is 8.54. The van der Waals surface area contributed by atoms with E-state index in [1.165, 1.54) is 10.4 Å². The Balaban J connectivity index is 1.93. The molecular weight excluding hydrogens is 332 g/mol. The van der Waals surface area contributed by atoms with Crippen LogP contribution in [0.2, 0.25) is 0 Å². The van der Waals surface area contributed by atoms with E-state index in [1.807, 2.05) is 19.1 Å². The average Bonchev–Trinajstić information content (AvgIpc) is 3.05. The van der Waals surface area contributed by atoms with Crippen molar-refractivity contribution in [2.75, 3.05) is 31.2 Å². The summed E-state index contributed by atoms with van der Waals surface area (Å²) in [5, 5.41) is 10.5. The van der Waals surface area contributed by atoms with Gasteiger partial charge < -0.3 is 14.7 Å². The van der Waals surface area contributed by atoms with Gasteiger partial charge in [-0.1, -0.05) is 36.4 Å². The van der Waals surface area contributed by atoms with Crippen molar-refractivity contribution >= 4 is 22.0 Å². The summed E-state index contributed by atoms with van der Waals surface area (Å²) >= 11 is 1.76. The molecule has 0 aliphatic carbocycles. The van der Waals surface area contributed by atoms with E-state index in [4.69, 9.17) is 9.72 Å². The lowest BCUT2D eigenvalue weighted by atomic mass is 10.1. The maximum Gasteiger partial charge on any atom is 0.186 e. The van der Waals surface area contributed by atoms with Gasteiger partial charge in [0.1, 0.15) is 0 Å². The zero-order chi connectivity index (χ0) is 17.6. The average molecular weight is 356 g/mol. The van der Waals surface area contributed by atoms with Crippen LogP contribution in [0, 0.1) is 0 Å². The molecule has 0 unspecified atom stereocenters. The number of benzene rings is 1. The molecule has 1 N–H and O–H groups in total. The number of aliphatic hydroxyl groups excluding tert-OH is 1. The minimum Gasteiger partial charge on any atom is -0.513 e. The van der Waals surface area contributed by atoms with Gasteiger partial charge in [0.25, 0.3) is 0 Å². The molecule has 0 amide bonds. The van der Waals surface area contributed by atoms with Crippen LogP contribution in [-0.4, -0.2) is 36.4 Å². The van der Waals surface area contributed by atoms with Crippen molar-refractivity contribution in [3.63, 3.8) is 0 Å². The van der Waals surface area contributed by atoms with Crippen LogP contribution in [0.3, 0.4) is 0 Å². The highest BCUT2D eigenvalue weighted by molar-refractivity contribution is 7.15. The molecule has 1 aliphatic rings. The Morgan fingerprint density at radius 3 is 2.60 bits per heavy atom. The Morgan fingerprint density at radius 2 is 1.92 bits per heavy atom. The molecule has 132 valence electrons. The molecule has 0 atom stereocenters. The molecule has 0 saturated carbocycles. The molecule has 25 heavy (non-hydrogen) atoms. The summed E-state index contributed by atoms with van der Waals surface area (Å²) in [5.74, 6) is 0.299. The second-order valence-electron chi connectivity index (χ2n) is 6.19. The molecule has 2 aromatic rings. The fourth-order valence-electron chi connectivity index (χ4n) is 2.76. The van der Waals surface area contributed by atoms with E-state index in [0.29, 0.717) is 5.76 Å². The van der Waals surface area contributed by atoms with E-state index in [1.54, 1.807) is 24.3 Å². The standard InChI is InChI=1S/C20H24N2O2S/c1-15(8-9-16(2)23)19-18(14-17-6-4-3-5-7-17)25-20(21-19)22-10-12-24-13-11-22/h3-9,23H,10-14H2,1-2H3/b15-8+,16-9+. The quantitative estimate of drug-likeness (QED) is 0.636. The number of thiazole rings is 1. The maximum absolute atomic E-state index is 9.44. The number of hydrogen-bond acceptors (Lipinski definition) is 5. The van der Waals surface area contributed by atoms with Crippen LogP contribution in [0.5, 0.6) is 0 Å². The predicted molar refractivity (Wildman–Crippen MR) is 104 cm³/mol. The predicted octanol–water partition coefficient (Wildman–Crippen LogP) is 4.44. The Hall–Kier alpha value is -2.11. The van der Waals surface area contributed by atoms with Crippen LogP contribution in [0.25, 0.3) is 5.57 Å². The molecule has 0 bridgehead atoms. The molecular formula is C20H24N2O2S. The molecule has 1 aliphatic heterocycles. The topological polar surface area (TPSA) is 45.6 Å². The molecule has 0 radical (unpaired) electrons. The third kappa shape index (κ3) is 4.71. The van der Waals surface area contributed by atoms with Gasteiger partial charge in [0.2, 0.25) is 0 Å². The smallest absolute Gasteiger partial charge is 0.186 e. The van der Waals surface area contributed by atoms with Crippen molar-refractivity contribution in [1.82, 2.24) is 4.98 Å². The monoisotopic (exact) mass is 356 g/mol. The lowest BCUT2D eigenvalue weighted by molar-refractivity contribution is 0.122. The SMILES string of the molecule is C/C(O)=C\C=C(/C)c1nc(N2CCOCC2)sc1Cc1ccccc1. The summed E-state index contributed by atoms with van der Waals surface area (Å²) in [6, 6.07) is 10.5. The van der Waals surface area contributed by atoms with Crippen LogP contribution < -0.4 is 4.90 Å². The van der Waals surface area contributed by atoms with E-state index in [-0.39, 0.29) is 0 Å². The van der Waals surface area contributed by atoms with Crippen molar-refractivity contribution in [3.05, 3.63) is 64.4 Å². The van der Waals surface area contributed by atoms with Gasteiger partial charge >= 0.3 is 0 Å². The lowest BCUT2D eigenvalue weighted by Gasteiger charge is -2.26. The molecule has 1 aromatic carbocycles. The molecule has 3 rings (SSSR count). The first-order valence-corrected chi connectivity index (χ1v) is 9.36. The fraction of sp³-hybridized carbons (Fsp3) is 0.350. The number of nitrogens with zero attached hydrogens (tertiary/aromatic N) is 2. The molecule has 5 heteroatoms. The number of hydrogen-bond donors (Lipinski definition) is 1. The number of aliphatic hydroxyl groups is 1. The van der Waals surface area contributed by atoms with Gasteiger partial charge in [-0.2, -0.15) is 0 Å². The zero-order valence-corrected chi connectivity index (χ0v) is 15.6. The van der Waals surface area contributed by atoms with Crippen LogP contribution >= 0.6 is 11.3 Å². The maximum atomic E-state index is 9.44. The van der Waals surface area contributed by atoms with E-state index in [2.05, 4.69) is 29.2 Å². The van der Waals surface area contributed by atoms with Gasteiger partial charge in [-0.15, -0.1) is 11.3 Å². The highest BCUT2D eigenvalue weighted by Crippen LogP contribution is 2.32. The second kappa shape index (κ2) is 8.32. The summed E-state index contributed by atoms with van der Waals surface area (Å²) < 4.78 is 5.45. The van der Waals surface area contributed by atoms with Crippen LogP contribution in [0.15, 0.2) is 48.2 Å². The number of rotatable bonds is 5. The van der Waals surface area contributed by atoms with E-state index >= 15 is 0 Å². The van der Waals surface area contributed by atoms with Gasteiger partial charge in [0, 0.05) is 24.4 Å². The molecule has 1 fully saturated rings. The number of ether oxygens (including phenoxy) is 1. The second-order valence-corrected chi connectivity index (χ2v) is 7.25. The van der Waals surface area contributed by atoms with Gasteiger partial charge in [0.15, 0.2) is 5.13 Å². The summed E-state index contributed by atoms with van der Waals surface area (Å²) in [6.07, 6.45) is 4.52. The highest BCUT2D eigenvalue weighted by atomic mass is 32.1. The van der Waals surface area contributed by atoms with Crippen molar-refractivity contribution in [3.8, 4) is 0 Å². The fourth-order valence-corrected chi connectivity index (χ4v) is 3.97. The van der Waals surface area contributed by atoms with E-state index in [0.717, 1.165) is 49.1 Å². The Bertz CT molecular complexity index is 755. The van der Waals surface area contributed by atoms with Crippen LogP contribution in [0.4, 0.5) is 5.13 Å². The minimum absolute atomic E-state index is 0.299. The van der Waals surface area contributed by atoms with Gasteiger partial charge in [-0.05, 0) is 31.1 Å². The Labute approximate surface area is 153 Å². The number of morpholine rings is 1. The van der Waals surface area contributed by atoms with Gasteiger partial charge in [-0.25, -0.2) is 4.98 Å². The van der Waals surface area contributed by atoms with Crippen molar-refractivity contribution in [2.24, 2.45) is 0 Å². The summed E-state index contributed by atoms with van der Waals surface area (Å²) in [4.78, 5) is 8.47. The molecule has 0 spiro atoms. The minimum atomic E-state index is 0.299. The Kier molecular flexibility index (Phi) is 5.89. The number of aromatic nitrogens is 1. The van der Waals surface area contributed by atoms with Crippen molar-refractivity contribution in [2.45, 2.75) is 20.3 Å². The normalized spacial score (nSPS) is 16.3. The highest BCUT2D eigenvalue weighted by Gasteiger charge is 2.19. The summed E-state index contributed by atoms with van der Waals surface area (Å²) in [6.45, 7) is 7.00. The third-order valence-corrected chi connectivity index (χ3v) is 5.24. The summed E-state index contributed by atoms with van der Waals surface area (Å²) in [5.41, 5.74) is 3.37. The number of anilines is 1. The molecule has 2 heterocycles. The van der Waals surface area contributed by atoms with Gasteiger partial charge in [0.05, 0.1) is 24.7 Å². The Morgan fingerprint density at radius 1 is 1.20 bits per heavy atom. The molecule has 1 aromatic heterocycles. The van der Waals surface area contributed by atoms with E-state index in [9.17, 15) is 5.11 Å². The number of allylic oxidation sites excluding steroid dienone is 4. The van der Waals surface area contributed by atoms with Crippen molar-refractivity contribution < 1.29 is 9.84 Å². The first kappa shape index (κ1) is 17.7. The third-order valence-electron chi connectivity index (χ3n) is 4.12. The summed E-state index contributed by atoms with van der Waals surface area (Å²) in [7, 11) is 0. The van der Waals surface area contributed by atoms with Gasteiger partial charge in [-0.3, -0.25) is 0 Å². The molecule has 1 saturated heterocycles. The van der Waals surface area contributed by atoms with Crippen LogP contribution in [-0.2, 0) is 11.2 Å². The molecule has 4 nitrogen and oxygen atoms in total. The lowest BCUT2D eigenvalue weighted by Crippen LogP contribution is -2.36. The van der Waals surface area contributed by atoms with Crippen molar-refractivity contribution in [1.29, 1.82) is 0 Å². The van der Waals surface area contributed by atoms with Crippen LogP contribution in [0.1, 0.15) is 30.0 Å². The zero-order valence-electron chi connectivity index (χ0n) is 14.7. The first-order chi connectivity index (χ1) is 12.1. The largest absolute Gasteiger partial charge is 0.513 e. The van der Waals surface area contributed by atoms with E-state index < -0.39 is 0 Å².